The summed E-state index contributed by atoms with van der Waals surface area (Å²) in [4.78, 5) is 28.3. The number of anilines is 1. The number of thiophene rings is 1. The van der Waals surface area contributed by atoms with E-state index >= 15 is 0 Å². The molecule has 0 spiro atoms. The molecule has 1 aliphatic heterocycles. The normalized spacial score (nSPS) is 15.4. The fourth-order valence-electron chi connectivity index (χ4n) is 4.79. The third-order valence-corrected chi connectivity index (χ3v) is 9.51. The van der Waals surface area contributed by atoms with Crippen LogP contribution in [0.3, 0.4) is 0 Å². The lowest BCUT2D eigenvalue weighted by Gasteiger charge is -2.38. The van der Waals surface area contributed by atoms with Crippen LogP contribution in [0, 0.1) is 6.92 Å². The summed E-state index contributed by atoms with van der Waals surface area (Å²) in [5, 5.41) is 4.69. The first-order chi connectivity index (χ1) is 18.2. The number of benzene rings is 2. The van der Waals surface area contributed by atoms with Gasteiger partial charge in [0.2, 0.25) is 21.8 Å². The van der Waals surface area contributed by atoms with E-state index in [-0.39, 0.29) is 35.8 Å². The minimum atomic E-state index is -3.98. The van der Waals surface area contributed by atoms with Crippen LogP contribution < -0.4 is 5.32 Å². The van der Waals surface area contributed by atoms with E-state index in [4.69, 9.17) is 4.74 Å². The van der Waals surface area contributed by atoms with Gasteiger partial charge in [-0.05, 0) is 72.2 Å². The molecule has 3 aromatic rings. The molecule has 0 bridgehead atoms. The fraction of sp³-hybridized carbons (Fsp3) is 0.357. The van der Waals surface area contributed by atoms with Crippen LogP contribution >= 0.6 is 11.3 Å². The van der Waals surface area contributed by atoms with Crippen molar-refractivity contribution in [2.75, 3.05) is 38.7 Å². The van der Waals surface area contributed by atoms with Crippen LogP contribution in [-0.2, 0) is 30.8 Å². The van der Waals surface area contributed by atoms with E-state index in [2.05, 4.69) is 16.8 Å². The van der Waals surface area contributed by atoms with Crippen molar-refractivity contribution in [2.24, 2.45) is 0 Å². The van der Waals surface area contributed by atoms with E-state index < -0.39 is 10.0 Å². The summed E-state index contributed by atoms with van der Waals surface area (Å²) in [6.45, 7) is 4.17. The van der Waals surface area contributed by atoms with E-state index in [1.807, 2.05) is 36.1 Å². The highest BCUT2D eigenvalue weighted by Gasteiger charge is 2.36. The average Bonchev–Trinajstić information content (AvgIpc) is 3.37. The number of hydrogen-bond acceptors (Lipinski definition) is 6. The Morgan fingerprint density at radius 1 is 1.11 bits per heavy atom. The van der Waals surface area contributed by atoms with Gasteiger partial charge < -0.3 is 15.0 Å². The Bertz CT molecular complexity index is 1390. The molecular weight excluding hydrogens is 522 g/mol. The molecule has 1 aliphatic rings. The highest BCUT2D eigenvalue weighted by Crippen LogP contribution is 2.39. The maximum atomic E-state index is 13.9. The van der Waals surface area contributed by atoms with Gasteiger partial charge in [0.25, 0.3) is 0 Å². The topological polar surface area (TPSA) is 96.0 Å². The Kier molecular flexibility index (Phi) is 8.99. The smallest absolute Gasteiger partial charge is 0.243 e. The summed E-state index contributed by atoms with van der Waals surface area (Å²) in [5.74, 6) is -0.489. The van der Waals surface area contributed by atoms with Gasteiger partial charge in [-0.2, -0.15) is 4.31 Å². The number of nitrogens with zero attached hydrogens (tertiary/aromatic N) is 2. The number of sulfonamides is 1. The van der Waals surface area contributed by atoms with Gasteiger partial charge in [-0.25, -0.2) is 8.42 Å². The van der Waals surface area contributed by atoms with Gasteiger partial charge in [0, 0.05) is 44.3 Å². The molecule has 1 atom stereocenters. The standard InChI is InChI=1S/C28H33N3O5S2/c1-20-7-4-5-8-24(20)28-25-14-18-37-26(25)13-16-31(28)27(33)19-30(15-6-17-36-3)38(34,35)23-11-9-22(10-12-23)29-21(2)32/h4-5,7-12,14,18,28H,6,13,15-17,19H2,1-3H3,(H,29,32). The van der Waals surface area contributed by atoms with Gasteiger partial charge in [0.15, 0.2) is 0 Å². The molecule has 0 radical (unpaired) electrons. The first kappa shape index (κ1) is 28.0. The van der Waals surface area contributed by atoms with Crippen molar-refractivity contribution in [3.8, 4) is 0 Å². The van der Waals surface area contributed by atoms with Crippen LogP contribution in [0.4, 0.5) is 5.69 Å². The number of hydrogen-bond donors (Lipinski definition) is 1. The number of nitrogens with one attached hydrogen (secondary N) is 1. The molecule has 2 aromatic carbocycles. The highest BCUT2D eigenvalue weighted by atomic mass is 32.2. The second-order valence-corrected chi connectivity index (χ2v) is 12.2. The number of carbonyl (C=O) groups excluding carboxylic acids is 2. The van der Waals surface area contributed by atoms with Gasteiger partial charge in [0.05, 0.1) is 17.5 Å². The lowest BCUT2D eigenvalue weighted by Crippen LogP contribution is -2.47. The zero-order chi connectivity index (χ0) is 27.3. The summed E-state index contributed by atoms with van der Waals surface area (Å²) in [5.41, 5.74) is 3.73. The van der Waals surface area contributed by atoms with E-state index in [9.17, 15) is 18.0 Å². The van der Waals surface area contributed by atoms with Crippen molar-refractivity contribution in [3.05, 3.63) is 81.5 Å². The van der Waals surface area contributed by atoms with Crippen molar-refractivity contribution in [3.63, 3.8) is 0 Å². The third kappa shape index (κ3) is 6.15. The summed E-state index contributed by atoms with van der Waals surface area (Å²) in [6, 6.07) is 15.8. The van der Waals surface area contributed by atoms with Crippen LogP contribution in [0.2, 0.25) is 0 Å². The first-order valence-electron chi connectivity index (χ1n) is 12.5. The number of amides is 2. The number of rotatable bonds is 10. The summed E-state index contributed by atoms with van der Waals surface area (Å²) >= 11 is 1.69. The number of carbonyl (C=O) groups is 2. The highest BCUT2D eigenvalue weighted by molar-refractivity contribution is 7.89. The molecule has 1 unspecified atom stereocenters. The molecule has 8 nitrogen and oxygen atoms in total. The molecule has 2 heterocycles. The second-order valence-electron chi connectivity index (χ2n) is 9.29. The SMILES string of the molecule is COCCCN(CC(=O)N1CCc2sccc2C1c1ccccc1C)S(=O)(=O)c1ccc(NC(C)=O)cc1. The molecule has 10 heteroatoms. The molecule has 0 saturated heterocycles. The number of fused-ring (bicyclic) bond motifs is 1. The molecule has 4 rings (SSSR count). The van der Waals surface area contributed by atoms with Crippen molar-refractivity contribution < 1.29 is 22.7 Å². The average molecular weight is 556 g/mol. The van der Waals surface area contributed by atoms with Crippen LogP contribution in [0.25, 0.3) is 0 Å². The maximum absolute atomic E-state index is 13.9. The van der Waals surface area contributed by atoms with Gasteiger partial charge in [0.1, 0.15) is 0 Å². The second kappa shape index (κ2) is 12.2. The van der Waals surface area contributed by atoms with Gasteiger partial charge in [-0.3, -0.25) is 9.59 Å². The molecular formula is C28H33N3O5S2. The molecule has 0 aliphatic carbocycles. The van der Waals surface area contributed by atoms with E-state index in [0.29, 0.717) is 25.3 Å². The summed E-state index contributed by atoms with van der Waals surface area (Å²) in [7, 11) is -2.42. The fourth-order valence-corrected chi connectivity index (χ4v) is 7.12. The predicted octanol–water partition coefficient (Wildman–Crippen LogP) is 4.22. The van der Waals surface area contributed by atoms with E-state index in [1.54, 1.807) is 30.6 Å². The Hall–Kier alpha value is -3.05. The van der Waals surface area contributed by atoms with Crippen molar-refractivity contribution in [1.29, 1.82) is 0 Å². The summed E-state index contributed by atoms with van der Waals surface area (Å²) in [6.07, 6.45) is 1.19. The number of ether oxygens (including phenoxy) is 1. The lowest BCUT2D eigenvalue weighted by atomic mass is 9.90. The zero-order valence-electron chi connectivity index (χ0n) is 21.8. The Morgan fingerprint density at radius 3 is 2.53 bits per heavy atom. The van der Waals surface area contributed by atoms with Crippen molar-refractivity contribution in [2.45, 2.75) is 37.6 Å². The van der Waals surface area contributed by atoms with Crippen LogP contribution in [0.1, 0.15) is 41.0 Å². The van der Waals surface area contributed by atoms with Crippen LogP contribution in [0.5, 0.6) is 0 Å². The molecule has 1 N–H and O–H groups in total. The molecule has 202 valence electrons. The zero-order valence-corrected chi connectivity index (χ0v) is 23.5. The van der Waals surface area contributed by atoms with Gasteiger partial charge in [-0.1, -0.05) is 24.3 Å². The van der Waals surface area contributed by atoms with Crippen LogP contribution in [0.15, 0.2) is 64.9 Å². The van der Waals surface area contributed by atoms with E-state index in [0.717, 1.165) is 23.1 Å². The molecule has 1 aromatic heterocycles. The minimum absolute atomic E-state index is 0.0611. The number of methoxy groups -OCH3 is 1. The predicted molar refractivity (Wildman–Crippen MR) is 149 cm³/mol. The quantitative estimate of drug-likeness (QED) is 0.378. The molecule has 2 amide bonds. The van der Waals surface area contributed by atoms with Crippen LogP contribution in [-0.4, -0.2) is 62.8 Å². The third-order valence-electron chi connectivity index (χ3n) is 6.65. The Labute approximate surface area is 228 Å². The molecule has 38 heavy (non-hydrogen) atoms. The van der Waals surface area contributed by atoms with Gasteiger partial charge >= 0.3 is 0 Å². The van der Waals surface area contributed by atoms with Crippen molar-refractivity contribution in [1.82, 2.24) is 9.21 Å². The largest absolute Gasteiger partial charge is 0.385 e. The minimum Gasteiger partial charge on any atom is -0.385 e. The van der Waals surface area contributed by atoms with Crippen molar-refractivity contribution >= 4 is 38.9 Å². The monoisotopic (exact) mass is 555 g/mol. The first-order valence-corrected chi connectivity index (χ1v) is 14.8. The lowest BCUT2D eigenvalue weighted by molar-refractivity contribution is -0.133. The maximum Gasteiger partial charge on any atom is 0.243 e. The summed E-state index contributed by atoms with van der Waals surface area (Å²) < 4.78 is 33.7. The molecule has 0 fully saturated rings. The Balaban J connectivity index is 1.63. The van der Waals surface area contributed by atoms with E-state index in [1.165, 1.54) is 28.2 Å². The number of aryl methyl sites for hydroxylation is 1. The Morgan fingerprint density at radius 2 is 1.84 bits per heavy atom. The molecule has 0 saturated carbocycles. The van der Waals surface area contributed by atoms with Gasteiger partial charge in [-0.15, -0.1) is 11.3 Å².